The van der Waals surface area contributed by atoms with Crippen molar-refractivity contribution in [2.24, 2.45) is 0 Å². The monoisotopic (exact) mass is 233 g/mol. The molecular formula is C15H23NO. The summed E-state index contributed by atoms with van der Waals surface area (Å²) in [5, 5.41) is 3.39. The Morgan fingerprint density at radius 3 is 2.76 bits per heavy atom. The third-order valence-electron chi connectivity index (χ3n) is 3.71. The highest BCUT2D eigenvalue weighted by Gasteiger charge is 2.25. The van der Waals surface area contributed by atoms with Gasteiger partial charge in [-0.2, -0.15) is 0 Å². The van der Waals surface area contributed by atoms with Gasteiger partial charge < -0.3 is 10.1 Å². The molecule has 94 valence electrons. The fraction of sp³-hybridized carbons (Fsp3) is 0.600. The number of benzene rings is 1. The smallest absolute Gasteiger partial charge is 0.122 e. The molecule has 0 saturated heterocycles. The first-order valence-electron chi connectivity index (χ1n) is 6.77. The summed E-state index contributed by atoms with van der Waals surface area (Å²) >= 11 is 0. The molecule has 0 aromatic heterocycles. The van der Waals surface area contributed by atoms with Crippen molar-refractivity contribution in [3.63, 3.8) is 0 Å². The molecule has 1 aromatic rings. The Kier molecular flexibility index (Phi) is 4.43. The Hall–Kier alpha value is -1.02. The Labute approximate surface area is 104 Å². The number of likely N-dealkylation sites (N-methyl/N-ethyl adjacent to an activating group) is 1. The molecule has 2 nitrogen and oxygen atoms in total. The van der Waals surface area contributed by atoms with Crippen molar-refractivity contribution in [1.82, 2.24) is 5.32 Å². The minimum absolute atomic E-state index is 0.335. The normalized spacial score (nSPS) is 24.6. The van der Waals surface area contributed by atoms with Crippen LogP contribution in [0.5, 0.6) is 5.75 Å². The van der Waals surface area contributed by atoms with E-state index in [2.05, 4.69) is 36.5 Å². The molecule has 2 atom stereocenters. The number of rotatable bonds is 4. The predicted octanol–water partition coefficient (Wildman–Crippen LogP) is 3.16. The van der Waals surface area contributed by atoms with Crippen molar-refractivity contribution < 1.29 is 4.74 Å². The van der Waals surface area contributed by atoms with Crippen LogP contribution in [0.25, 0.3) is 0 Å². The molecule has 1 N–H and O–H groups in total. The highest BCUT2D eigenvalue weighted by atomic mass is 16.5. The molecule has 1 aliphatic rings. The maximum absolute atomic E-state index is 6.22. The minimum atomic E-state index is 0.335. The van der Waals surface area contributed by atoms with Crippen LogP contribution in [0.15, 0.2) is 24.3 Å². The van der Waals surface area contributed by atoms with Gasteiger partial charge in [0.1, 0.15) is 11.9 Å². The van der Waals surface area contributed by atoms with E-state index < -0.39 is 0 Å². The summed E-state index contributed by atoms with van der Waals surface area (Å²) in [5.41, 5.74) is 1.31. The molecule has 1 aliphatic carbocycles. The fourth-order valence-electron chi connectivity index (χ4n) is 2.64. The summed E-state index contributed by atoms with van der Waals surface area (Å²) in [7, 11) is 2.04. The standard InChI is InChI=1S/C15H23NO/c1-3-12-8-4-6-10-14(12)17-15-11-7-5-9-13(15)16-2/h4,6,8,10,13,15-16H,3,5,7,9,11H2,1-2H3. The Bertz CT molecular complexity index is 351. The zero-order valence-electron chi connectivity index (χ0n) is 10.9. The SMILES string of the molecule is CCc1ccccc1OC1CCCCC1NC. The van der Waals surface area contributed by atoms with Crippen molar-refractivity contribution >= 4 is 0 Å². The van der Waals surface area contributed by atoms with E-state index >= 15 is 0 Å². The second kappa shape index (κ2) is 6.06. The van der Waals surface area contributed by atoms with E-state index in [1.54, 1.807) is 0 Å². The van der Waals surface area contributed by atoms with E-state index in [0.29, 0.717) is 12.1 Å². The van der Waals surface area contributed by atoms with Crippen LogP contribution in [0.4, 0.5) is 0 Å². The van der Waals surface area contributed by atoms with Gasteiger partial charge in [-0.05, 0) is 44.4 Å². The van der Waals surface area contributed by atoms with Crippen LogP contribution in [-0.4, -0.2) is 19.2 Å². The molecule has 17 heavy (non-hydrogen) atoms. The average molecular weight is 233 g/mol. The molecule has 0 spiro atoms. The van der Waals surface area contributed by atoms with Gasteiger partial charge in [0, 0.05) is 6.04 Å². The minimum Gasteiger partial charge on any atom is -0.489 e. The van der Waals surface area contributed by atoms with Crippen molar-refractivity contribution in [3.05, 3.63) is 29.8 Å². The summed E-state index contributed by atoms with van der Waals surface area (Å²) in [5.74, 6) is 1.07. The van der Waals surface area contributed by atoms with Crippen LogP contribution >= 0.6 is 0 Å². The van der Waals surface area contributed by atoms with E-state index in [4.69, 9.17) is 4.74 Å². The van der Waals surface area contributed by atoms with Crippen LogP contribution in [0.3, 0.4) is 0 Å². The lowest BCUT2D eigenvalue weighted by Gasteiger charge is -2.32. The molecule has 0 heterocycles. The Morgan fingerprint density at radius 2 is 2.00 bits per heavy atom. The van der Waals surface area contributed by atoms with Gasteiger partial charge in [0.15, 0.2) is 0 Å². The molecule has 1 saturated carbocycles. The van der Waals surface area contributed by atoms with Crippen LogP contribution in [0.1, 0.15) is 38.2 Å². The summed E-state index contributed by atoms with van der Waals surface area (Å²) in [6.07, 6.45) is 6.38. The molecule has 0 aliphatic heterocycles. The van der Waals surface area contributed by atoms with Crippen molar-refractivity contribution in [2.75, 3.05) is 7.05 Å². The van der Waals surface area contributed by atoms with Crippen molar-refractivity contribution in [2.45, 2.75) is 51.2 Å². The summed E-state index contributed by atoms with van der Waals surface area (Å²) in [6.45, 7) is 2.18. The number of hydrogen-bond donors (Lipinski definition) is 1. The predicted molar refractivity (Wildman–Crippen MR) is 71.6 cm³/mol. The zero-order chi connectivity index (χ0) is 12.1. The number of hydrogen-bond acceptors (Lipinski definition) is 2. The fourth-order valence-corrected chi connectivity index (χ4v) is 2.64. The van der Waals surface area contributed by atoms with E-state index in [9.17, 15) is 0 Å². The van der Waals surface area contributed by atoms with Gasteiger partial charge in [-0.3, -0.25) is 0 Å². The van der Waals surface area contributed by atoms with Crippen LogP contribution < -0.4 is 10.1 Å². The highest BCUT2D eigenvalue weighted by Crippen LogP contribution is 2.26. The first kappa shape index (κ1) is 12.4. The van der Waals surface area contributed by atoms with E-state index in [0.717, 1.165) is 12.2 Å². The maximum atomic E-state index is 6.22. The lowest BCUT2D eigenvalue weighted by atomic mass is 9.92. The number of aryl methyl sites for hydroxylation is 1. The molecule has 0 amide bonds. The van der Waals surface area contributed by atoms with Crippen molar-refractivity contribution in [1.29, 1.82) is 0 Å². The lowest BCUT2D eigenvalue weighted by Crippen LogP contribution is -2.43. The number of nitrogens with one attached hydrogen (secondary N) is 1. The first-order chi connectivity index (χ1) is 8.35. The van der Waals surface area contributed by atoms with Gasteiger partial charge in [-0.1, -0.05) is 31.5 Å². The second-order valence-corrected chi connectivity index (χ2v) is 4.80. The topological polar surface area (TPSA) is 21.3 Å². The largest absolute Gasteiger partial charge is 0.489 e. The average Bonchev–Trinajstić information content (AvgIpc) is 2.40. The molecular weight excluding hydrogens is 210 g/mol. The number of ether oxygens (including phenoxy) is 1. The Morgan fingerprint density at radius 1 is 1.24 bits per heavy atom. The van der Waals surface area contributed by atoms with Gasteiger partial charge in [-0.15, -0.1) is 0 Å². The van der Waals surface area contributed by atoms with Crippen LogP contribution in [0.2, 0.25) is 0 Å². The second-order valence-electron chi connectivity index (χ2n) is 4.80. The lowest BCUT2D eigenvalue weighted by molar-refractivity contribution is 0.117. The third kappa shape index (κ3) is 3.01. The van der Waals surface area contributed by atoms with Crippen LogP contribution in [0, 0.1) is 0 Å². The van der Waals surface area contributed by atoms with E-state index in [1.165, 1.54) is 31.2 Å². The van der Waals surface area contributed by atoms with E-state index in [1.807, 2.05) is 7.05 Å². The van der Waals surface area contributed by atoms with Gasteiger partial charge in [0.25, 0.3) is 0 Å². The molecule has 2 unspecified atom stereocenters. The van der Waals surface area contributed by atoms with Crippen LogP contribution in [-0.2, 0) is 6.42 Å². The quantitative estimate of drug-likeness (QED) is 0.862. The van der Waals surface area contributed by atoms with Gasteiger partial charge in [-0.25, -0.2) is 0 Å². The molecule has 2 heteroatoms. The van der Waals surface area contributed by atoms with Gasteiger partial charge in [0.2, 0.25) is 0 Å². The molecule has 2 rings (SSSR count). The summed E-state index contributed by atoms with van der Waals surface area (Å²) in [4.78, 5) is 0. The number of para-hydroxylation sites is 1. The molecule has 0 bridgehead atoms. The van der Waals surface area contributed by atoms with Gasteiger partial charge >= 0.3 is 0 Å². The zero-order valence-corrected chi connectivity index (χ0v) is 10.9. The molecule has 1 fully saturated rings. The first-order valence-corrected chi connectivity index (χ1v) is 6.77. The van der Waals surface area contributed by atoms with Gasteiger partial charge in [0.05, 0.1) is 0 Å². The molecule has 1 aromatic carbocycles. The maximum Gasteiger partial charge on any atom is 0.122 e. The third-order valence-corrected chi connectivity index (χ3v) is 3.71. The van der Waals surface area contributed by atoms with Crippen molar-refractivity contribution in [3.8, 4) is 5.75 Å². The summed E-state index contributed by atoms with van der Waals surface area (Å²) in [6, 6.07) is 8.91. The Balaban J connectivity index is 2.08. The molecule has 0 radical (unpaired) electrons. The summed E-state index contributed by atoms with van der Waals surface area (Å²) < 4.78 is 6.22. The highest BCUT2D eigenvalue weighted by molar-refractivity contribution is 5.33. The van der Waals surface area contributed by atoms with E-state index in [-0.39, 0.29) is 0 Å².